The zero-order valence-electron chi connectivity index (χ0n) is 17.8. The van der Waals surface area contributed by atoms with Crippen LogP contribution in [0.5, 0.6) is 11.5 Å². The van der Waals surface area contributed by atoms with Gasteiger partial charge in [0, 0.05) is 19.6 Å². The summed E-state index contributed by atoms with van der Waals surface area (Å²) in [5.41, 5.74) is 0.224. The molecule has 9 nitrogen and oxygen atoms in total. The van der Waals surface area contributed by atoms with Gasteiger partial charge in [0.15, 0.2) is 24.7 Å². The van der Waals surface area contributed by atoms with E-state index in [2.05, 4.69) is 5.32 Å². The quantitative estimate of drug-likeness (QED) is 0.566. The molecule has 1 N–H and O–H groups in total. The van der Waals surface area contributed by atoms with E-state index in [1.807, 2.05) is 13.8 Å². The van der Waals surface area contributed by atoms with Gasteiger partial charge < -0.3 is 29.2 Å². The Labute approximate surface area is 176 Å². The molecule has 1 aliphatic rings. The zero-order valence-corrected chi connectivity index (χ0v) is 17.8. The fourth-order valence-corrected chi connectivity index (χ4v) is 2.65. The van der Waals surface area contributed by atoms with Crippen molar-refractivity contribution in [2.24, 2.45) is 5.92 Å². The summed E-state index contributed by atoms with van der Waals surface area (Å²) in [4.78, 5) is 37.9. The second-order valence-corrected chi connectivity index (χ2v) is 7.15. The molecule has 2 amide bonds. The topological polar surface area (TPSA) is 103 Å². The molecule has 0 unspecified atom stereocenters. The van der Waals surface area contributed by atoms with Gasteiger partial charge in [0.05, 0.1) is 25.4 Å². The minimum Gasteiger partial charge on any atom is -0.490 e. The van der Waals surface area contributed by atoms with Crippen LogP contribution < -0.4 is 14.8 Å². The van der Waals surface area contributed by atoms with Gasteiger partial charge in [0.2, 0.25) is 0 Å². The molecule has 9 heteroatoms. The maximum absolute atomic E-state index is 12.3. The van der Waals surface area contributed by atoms with Gasteiger partial charge in [-0.15, -0.1) is 0 Å². The van der Waals surface area contributed by atoms with E-state index in [0.717, 1.165) is 0 Å². The number of amides is 2. The molecule has 1 saturated heterocycles. The first kappa shape index (κ1) is 23.5. The molecule has 0 spiro atoms. The van der Waals surface area contributed by atoms with Crippen LogP contribution in [0, 0.1) is 5.92 Å². The van der Waals surface area contributed by atoms with E-state index < -0.39 is 5.97 Å². The van der Waals surface area contributed by atoms with Gasteiger partial charge in [-0.3, -0.25) is 9.59 Å². The highest BCUT2D eigenvalue weighted by molar-refractivity contribution is 5.92. The molecule has 166 valence electrons. The van der Waals surface area contributed by atoms with E-state index in [1.165, 1.54) is 12.1 Å². The molecule has 0 atom stereocenters. The van der Waals surface area contributed by atoms with E-state index in [9.17, 15) is 14.4 Å². The SMILES string of the molecule is CCOc1cc(C(=O)OCC(=O)NCC(C)C)ccc1OCC(=O)N1CCOCC1. The van der Waals surface area contributed by atoms with E-state index in [1.54, 1.807) is 17.9 Å². The minimum absolute atomic E-state index is 0.139. The standard InChI is InChI=1S/C21H30N2O7/c1-4-28-18-11-16(21(26)30-13-19(24)22-12-15(2)3)5-6-17(18)29-14-20(25)23-7-9-27-10-8-23/h5-6,11,15H,4,7-10,12-14H2,1-3H3,(H,22,24). The van der Waals surface area contributed by atoms with Crippen LogP contribution in [0.1, 0.15) is 31.1 Å². The number of nitrogens with zero attached hydrogens (tertiary/aromatic N) is 1. The Morgan fingerprint density at radius 3 is 2.50 bits per heavy atom. The first-order valence-electron chi connectivity index (χ1n) is 10.1. The van der Waals surface area contributed by atoms with E-state index in [4.69, 9.17) is 18.9 Å². The number of carbonyl (C=O) groups excluding carboxylic acids is 3. The van der Waals surface area contributed by atoms with Crippen molar-refractivity contribution < 1.29 is 33.3 Å². The molecule has 1 aliphatic heterocycles. The van der Waals surface area contributed by atoms with Crippen LogP contribution in [0.25, 0.3) is 0 Å². The summed E-state index contributed by atoms with van der Waals surface area (Å²) in [5.74, 6) is -0.163. The second-order valence-electron chi connectivity index (χ2n) is 7.15. The predicted octanol–water partition coefficient (Wildman–Crippen LogP) is 1.25. The highest BCUT2D eigenvalue weighted by Crippen LogP contribution is 2.29. The molecule has 1 aromatic rings. The monoisotopic (exact) mass is 422 g/mol. The van der Waals surface area contributed by atoms with E-state index >= 15 is 0 Å². The molecule has 2 rings (SSSR count). The average Bonchev–Trinajstić information content (AvgIpc) is 2.75. The highest BCUT2D eigenvalue weighted by atomic mass is 16.5. The maximum Gasteiger partial charge on any atom is 0.338 e. The van der Waals surface area contributed by atoms with Crippen molar-refractivity contribution in [1.29, 1.82) is 0 Å². The summed E-state index contributed by atoms with van der Waals surface area (Å²) >= 11 is 0. The molecular weight excluding hydrogens is 392 g/mol. The molecule has 1 aromatic carbocycles. The van der Waals surface area contributed by atoms with Gasteiger partial charge in [0.1, 0.15) is 0 Å². The van der Waals surface area contributed by atoms with Crippen molar-refractivity contribution in [3.8, 4) is 11.5 Å². The Balaban J connectivity index is 1.93. The Bertz CT molecular complexity index is 730. The molecule has 0 bridgehead atoms. The second kappa shape index (κ2) is 12.0. The number of morpholine rings is 1. The Hall–Kier alpha value is -2.81. The van der Waals surface area contributed by atoms with Gasteiger partial charge in [0.25, 0.3) is 11.8 Å². The van der Waals surface area contributed by atoms with Gasteiger partial charge in [-0.2, -0.15) is 0 Å². The number of benzene rings is 1. The predicted molar refractivity (Wildman–Crippen MR) is 109 cm³/mol. The van der Waals surface area contributed by atoms with Crippen molar-refractivity contribution in [3.63, 3.8) is 0 Å². The van der Waals surface area contributed by atoms with Gasteiger partial charge in [-0.05, 0) is 31.0 Å². The fourth-order valence-electron chi connectivity index (χ4n) is 2.65. The Morgan fingerprint density at radius 1 is 1.10 bits per heavy atom. The van der Waals surface area contributed by atoms with Crippen LogP contribution in [0.2, 0.25) is 0 Å². The molecular formula is C21H30N2O7. The van der Waals surface area contributed by atoms with Crippen LogP contribution in [-0.2, 0) is 19.1 Å². The number of rotatable bonds is 10. The molecule has 1 fully saturated rings. The normalized spacial score (nSPS) is 13.7. The molecule has 0 saturated carbocycles. The van der Waals surface area contributed by atoms with Crippen molar-refractivity contribution in [3.05, 3.63) is 23.8 Å². The zero-order chi connectivity index (χ0) is 21.9. The molecule has 0 aromatic heterocycles. The summed E-state index contributed by atoms with van der Waals surface area (Å²) in [7, 11) is 0. The Morgan fingerprint density at radius 2 is 1.83 bits per heavy atom. The first-order chi connectivity index (χ1) is 14.4. The number of esters is 1. The van der Waals surface area contributed by atoms with E-state index in [0.29, 0.717) is 56.9 Å². The van der Waals surface area contributed by atoms with Crippen LogP contribution in [-0.4, -0.2) is 75.4 Å². The summed E-state index contributed by atoms with van der Waals surface area (Å²) in [6.07, 6.45) is 0. The van der Waals surface area contributed by atoms with Crippen molar-refractivity contribution >= 4 is 17.8 Å². The number of nitrogens with one attached hydrogen (secondary N) is 1. The van der Waals surface area contributed by atoms with Gasteiger partial charge >= 0.3 is 5.97 Å². The lowest BCUT2D eigenvalue weighted by Gasteiger charge is -2.26. The van der Waals surface area contributed by atoms with Crippen molar-refractivity contribution in [2.75, 3.05) is 52.7 Å². The largest absolute Gasteiger partial charge is 0.490 e. The molecule has 0 radical (unpaired) electrons. The smallest absolute Gasteiger partial charge is 0.338 e. The number of hydrogen-bond donors (Lipinski definition) is 1. The molecule has 1 heterocycles. The lowest BCUT2D eigenvalue weighted by atomic mass is 10.2. The van der Waals surface area contributed by atoms with Crippen molar-refractivity contribution in [1.82, 2.24) is 10.2 Å². The lowest BCUT2D eigenvalue weighted by molar-refractivity contribution is -0.137. The molecule has 0 aliphatic carbocycles. The fraction of sp³-hybridized carbons (Fsp3) is 0.571. The van der Waals surface area contributed by atoms with Crippen LogP contribution in [0.4, 0.5) is 0 Å². The van der Waals surface area contributed by atoms with Crippen LogP contribution >= 0.6 is 0 Å². The molecule has 30 heavy (non-hydrogen) atoms. The summed E-state index contributed by atoms with van der Waals surface area (Å²) in [6, 6.07) is 4.53. The third-order valence-corrected chi connectivity index (χ3v) is 4.24. The van der Waals surface area contributed by atoms with Crippen LogP contribution in [0.15, 0.2) is 18.2 Å². The number of carbonyl (C=O) groups is 3. The van der Waals surface area contributed by atoms with Crippen LogP contribution in [0.3, 0.4) is 0 Å². The highest BCUT2D eigenvalue weighted by Gasteiger charge is 2.19. The van der Waals surface area contributed by atoms with Crippen molar-refractivity contribution in [2.45, 2.75) is 20.8 Å². The summed E-state index contributed by atoms with van der Waals surface area (Å²) in [5, 5.41) is 2.68. The first-order valence-corrected chi connectivity index (χ1v) is 10.1. The maximum atomic E-state index is 12.3. The number of hydrogen-bond acceptors (Lipinski definition) is 7. The summed E-state index contributed by atoms with van der Waals surface area (Å²) in [6.45, 7) is 8.22. The minimum atomic E-state index is -0.647. The summed E-state index contributed by atoms with van der Waals surface area (Å²) < 4.78 is 21.4. The van der Waals surface area contributed by atoms with Gasteiger partial charge in [-0.25, -0.2) is 4.79 Å². The third-order valence-electron chi connectivity index (χ3n) is 4.24. The van der Waals surface area contributed by atoms with Gasteiger partial charge in [-0.1, -0.05) is 13.8 Å². The van der Waals surface area contributed by atoms with E-state index in [-0.39, 0.29) is 30.6 Å². The number of ether oxygens (including phenoxy) is 4. The third kappa shape index (κ3) is 7.55. The lowest BCUT2D eigenvalue weighted by Crippen LogP contribution is -2.43. The Kier molecular flexibility index (Phi) is 9.40. The average molecular weight is 422 g/mol.